The predicted octanol–water partition coefficient (Wildman–Crippen LogP) is 5.15. The Bertz CT molecular complexity index is 812. The normalized spacial score (nSPS) is 12.3. The van der Waals surface area contributed by atoms with Crippen LogP contribution in [0.3, 0.4) is 0 Å². The Labute approximate surface area is 199 Å². The molecule has 33 heavy (non-hydrogen) atoms. The van der Waals surface area contributed by atoms with Crippen molar-refractivity contribution >= 4 is 12.0 Å². The van der Waals surface area contributed by atoms with E-state index in [1.54, 1.807) is 35.0 Å². The number of alkyl carbamates (subject to hydrolysis) is 1. The van der Waals surface area contributed by atoms with Crippen LogP contribution < -0.4 is 20.1 Å². The average molecular weight is 465 g/mol. The van der Waals surface area contributed by atoms with Crippen LogP contribution in [-0.2, 0) is 16.0 Å². The summed E-state index contributed by atoms with van der Waals surface area (Å²) in [5.41, 5.74) is 3.86. The number of nitrogens with one attached hydrogen (secondary N) is 2. The lowest BCUT2D eigenvalue weighted by atomic mass is 9.93. The maximum Gasteiger partial charge on any atom is 0.408 e. The van der Waals surface area contributed by atoms with Gasteiger partial charge in [0.05, 0.1) is 14.2 Å². The molecular weight excluding hydrogens is 420 g/mol. The summed E-state index contributed by atoms with van der Waals surface area (Å²) in [4.78, 5) is 24.8. The zero-order valence-corrected chi connectivity index (χ0v) is 22.2. The van der Waals surface area contributed by atoms with Crippen LogP contribution in [0.25, 0.3) is 0 Å². The molecule has 0 aromatic heterocycles. The molecule has 0 heterocycles. The molecule has 7 heteroatoms. The van der Waals surface area contributed by atoms with Gasteiger partial charge in [0.1, 0.15) is 23.1 Å². The lowest BCUT2D eigenvalue weighted by Crippen LogP contribution is -2.49. The van der Waals surface area contributed by atoms with Crippen LogP contribution >= 0.6 is 0 Å². The summed E-state index contributed by atoms with van der Waals surface area (Å²) in [6.45, 7) is 15.4. The van der Waals surface area contributed by atoms with Crippen molar-refractivity contribution in [3.63, 3.8) is 0 Å². The number of hydrogen-bond donors (Lipinski definition) is 2. The number of rotatable bonds is 11. The van der Waals surface area contributed by atoms with Crippen molar-refractivity contribution in [1.29, 1.82) is 0 Å². The minimum absolute atomic E-state index is 0.00404. The SMILES string of the molecule is COc1c(C)c(C)c(OC)c(CCCCC[C@H](NC(=O)OC(C)(C)C)C(=O)NC(C)C)c1C. The molecule has 0 spiro atoms. The van der Waals surface area contributed by atoms with Crippen molar-refractivity contribution in [3.8, 4) is 11.5 Å². The number of unbranched alkanes of at least 4 members (excludes halogenated alkanes) is 2. The molecule has 0 radical (unpaired) electrons. The van der Waals surface area contributed by atoms with Gasteiger partial charge >= 0.3 is 6.09 Å². The third kappa shape index (κ3) is 8.78. The summed E-state index contributed by atoms with van der Waals surface area (Å²) in [6, 6.07) is -0.629. The van der Waals surface area contributed by atoms with Gasteiger partial charge in [0, 0.05) is 11.6 Å². The number of hydrogen-bond acceptors (Lipinski definition) is 5. The number of methoxy groups -OCH3 is 2. The van der Waals surface area contributed by atoms with E-state index in [4.69, 9.17) is 14.2 Å². The fourth-order valence-corrected chi connectivity index (χ4v) is 3.97. The highest BCUT2D eigenvalue weighted by atomic mass is 16.6. The van der Waals surface area contributed by atoms with E-state index >= 15 is 0 Å². The van der Waals surface area contributed by atoms with Crippen molar-refractivity contribution in [2.24, 2.45) is 0 Å². The third-order valence-corrected chi connectivity index (χ3v) is 5.58. The van der Waals surface area contributed by atoms with Gasteiger partial charge in [-0.3, -0.25) is 4.79 Å². The first-order valence-electron chi connectivity index (χ1n) is 11.8. The zero-order valence-electron chi connectivity index (χ0n) is 22.2. The molecule has 1 aromatic carbocycles. The van der Waals surface area contributed by atoms with E-state index < -0.39 is 17.7 Å². The topological polar surface area (TPSA) is 85.9 Å². The highest BCUT2D eigenvalue weighted by molar-refractivity contribution is 5.85. The molecule has 0 aliphatic carbocycles. The van der Waals surface area contributed by atoms with Gasteiger partial charge in [-0.25, -0.2) is 4.79 Å². The number of amides is 2. The van der Waals surface area contributed by atoms with Crippen LogP contribution in [0.2, 0.25) is 0 Å². The lowest BCUT2D eigenvalue weighted by Gasteiger charge is -2.24. The molecule has 0 fully saturated rings. The van der Waals surface area contributed by atoms with Gasteiger partial charge in [0.2, 0.25) is 5.91 Å². The van der Waals surface area contributed by atoms with Crippen LogP contribution in [0.4, 0.5) is 4.79 Å². The van der Waals surface area contributed by atoms with Crippen molar-refractivity contribution in [2.45, 2.75) is 105 Å². The number of ether oxygens (including phenoxy) is 3. The van der Waals surface area contributed by atoms with Gasteiger partial charge in [0.15, 0.2) is 0 Å². The third-order valence-electron chi connectivity index (χ3n) is 5.58. The monoisotopic (exact) mass is 464 g/mol. The Hall–Kier alpha value is -2.44. The van der Waals surface area contributed by atoms with Crippen LogP contribution in [0.5, 0.6) is 11.5 Å². The van der Waals surface area contributed by atoms with E-state index in [-0.39, 0.29) is 11.9 Å². The average Bonchev–Trinajstić information content (AvgIpc) is 2.69. The smallest absolute Gasteiger partial charge is 0.408 e. The molecule has 1 rings (SSSR count). The minimum atomic E-state index is -0.625. The molecule has 188 valence electrons. The molecule has 2 amide bonds. The van der Waals surface area contributed by atoms with Gasteiger partial charge < -0.3 is 24.8 Å². The first-order valence-corrected chi connectivity index (χ1v) is 11.8. The second kappa shape index (κ2) is 12.7. The molecule has 0 aliphatic heterocycles. The molecule has 2 N–H and O–H groups in total. The van der Waals surface area contributed by atoms with E-state index in [1.165, 1.54) is 5.56 Å². The lowest BCUT2D eigenvalue weighted by molar-refractivity contribution is -0.123. The fraction of sp³-hybridized carbons (Fsp3) is 0.692. The largest absolute Gasteiger partial charge is 0.496 e. The van der Waals surface area contributed by atoms with Gasteiger partial charge in [-0.05, 0) is 91.3 Å². The molecule has 0 saturated heterocycles. The summed E-state index contributed by atoms with van der Waals surface area (Å²) < 4.78 is 16.7. The fourth-order valence-electron chi connectivity index (χ4n) is 3.97. The Morgan fingerprint density at radius 3 is 1.94 bits per heavy atom. The summed E-state index contributed by atoms with van der Waals surface area (Å²) in [5.74, 6) is 1.65. The van der Waals surface area contributed by atoms with Crippen molar-refractivity contribution in [2.75, 3.05) is 14.2 Å². The van der Waals surface area contributed by atoms with E-state index in [0.717, 1.165) is 53.9 Å². The zero-order chi connectivity index (χ0) is 25.3. The number of benzene rings is 1. The van der Waals surface area contributed by atoms with Gasteiger partial charge in [-0.1, -0.05) is 12.8 Å². The highest BCUT2D eigenvalue weighted by Crippen LogP contribution is 2.38. The number of carbonyl (C=O) groups excluding carboxylic acids is 2. The van der Waals surface area contributed by atoms with E-state index in [1.807, 2.05) is 20.8 Å². The van der Waals surface area contributed by atoms with E-state index in [0.29, 0.717) is 6.42 Å². The highest BCUT2D eigenvalue weighted by Gasteiger charge is 2.24. The van der Waals surface area contributed by atoms with Crippen molar-refractivity contribution < 1.29 is 23.8 Å². The quantitative estimate of drug-likeness (QED) is 0.442. The molecule has 1 aromatic rings. The van der Waals surface area contributed by atoms with E-state index in [9.17, 15) is 9.59 Å². The van der Waals surface area contributed by atoms with Crippen molar-refractivity contribution in [3.05, 3.63) is 22.3 Å². The van der Waals surface area contributed by atoms with Crippen LogP contribution in [-0.4, -0.2) is 43.9 Å². The maximum absolute atomic E-state index is 12.6. The maximum atomic E-state index is 12.6. The summed E-state index contributed by atoms with van der Waals surface area (Å²) in [6.07, 6.45) is 3.48. The van der Waals surface area contributed by atoms with Gasteiger partial charge in [-0.2, -0.15) is 0 Å². The standard InChI is InChI=1S/C26H44N2O5/c1-16(2)27-24(29)21(28-25(30)33-26(6,7)8)15-13-11-12-14-20-19(5)22(31-9)17(3)18(4)23(20)32-10/h16,21H,11-15H2,1-10H3,(H,27,29)(H,28,30)/t21-/m0/s1. The molecule has 0 bridgehead atoms. The van der Waals surface area contributed by atoms with Crippen LogP contribution in [0.1, 0.15) is 82.6 Å². The molecule has 1 atom stereocenters. The second-order valence-corrected chi connectivity index (χ2v) is 9.88. The molecule has 0 aliphatic rings. The Morgan fingerprint density at radius 2 is 1.42 bits per heavy atom. The van der Waals surface area contributed by atoms with Gasteiger partial charge in [0.25, 0.3) is 0 Å². The Kier molecular flexibility index (Phi) is 11.0. The first-order chi connectivity index (χ1) is 15.3. The Morgan fingerprint density at radius 1 is 0.848 bits per heavy atom. The first kappa shape index (κ1) is 28.6. The summed E-state index contributed by atoms with van der Waals surface area (Å²) in [7, 11) is 3.41. The molecule has 0 unspecified atom stereocenters. The predicted molar refractivity (Wildman–Crippen MR) is 132 cm³/mol. The Balaban J connectivity index is 2.78. The molecule has 7 nitrogen and oxygen atoms in total. The summed E-state index contributed by atoms with van der Waals surface area (Å²) in [5, 5.41) is 5.62. The van der Waals surface area contributed by atoms with Gasteiger partial charge in [-0.15, -0.1) is 0 Å². The minimum Gasteiger partial charge on any atom is -0.496 e. The van der Waals surface area contributed by atoms with E-state index in [2.05, 4.69) is 24.5 Å². The second-order valence-electron chi connectivity index (χ2n) is 9.88. The molecular formula is C26H44N2O5. The van der Waals surface area contributed by atoms with Crippen LogP contribution in [0.15, 0.2) is 0 Å². The van der Waals surface area contributed by atoms with Crippen LogP contribution in [0, 0.1) is 20.8 Å². The molecule has 0 saturated carbocycles. The number of carbonyl (C=O) groups is 2. The summed E-state index contributed by atoms with van der Waals surface area (Å²) >= 11 is 0. The van der Waals surface area contributed by atoms with Crippen molar-refractivity contribution in [1.82, 2.24) is 10.6 Å².